The number of carbonyl (C=O) groups excluding carboxylic acids is 1. The number of methoxy groups -OCH3 is 1. The van der Waals surface area contributed by atoms with Crippen LogP contribution in [0.25, 0.3) is 0 Å². The van der Waals surface area contributed by atoms with Crippen LogP contribution in [0.4, 0.5) is 5.69 Å². The van der Waals surface area contributed by atoms with Gasteiger partial charge in [-0.3, -0.25) is 4.79 Å². The highest BCUT2D eigenvalue weighted by Crippen LogP contribution is 2.28. The van der Waals surface area contributed by atoms with Crippen molar-refractivity contribution in [2.45, 2.75) is 0 Å². The first kappa shape index (κ1) is 13.7. The third-order valence-corrected chi connectivity index (χ3v) is 3.14. The summed E-state index contributed by atoms with van der Waals surface area (Å²) in [6, 6.07) is 11.9. The standard InChI is InChI=1S/C14H11Cl2NO2/c1-19-12-7-3-6-11(13(12)16)14(18)17-10-5-2-4-9(15)8-10/h2-8H,1H3,(H,17,18). The lowest BCUT2D eigenvalue weighted by atomic mass is 10.2. The molecule has 0 fully saturated rings. The maximum absolute atomic E-state index is 12.1. The van der Waals surface area contributed by atoms with Gasteiger partial charge in [-0.25, -0.2) is 0 Å². The smallest absolute Gasteiger partial charge is 0.257 e. The van der Waals surface area contributed by atoms with Crippen molar-refractivity contribution in [1.82, 2.24) is 0 Å². The average Bonchev–Trinajstić information content (AvgIpc) is 2.39. The molecule has 5 heteroatoms. The summed E-state index contributed by atoms with van der Waals surface area (Å²) in [6.07, 6.45) is 0. The summed E-state index contributed by atoms with van der Waals surface area (Å²) in [5, 5.41) is 3.56. The fourth-order valence-corrected chi connectivity index (χ4v) is 2.09. The van der Waals surface area contributed by atoms with E-state index in [9.17, 15) is 4.79 Å². The van der Waals surface area contributed by atoms with Crippen molar-refractivity contribution in [3.8, 4) is 5.75 Å². The van der Waals surface area contributed by atoms with Crippen LogP contribution >= 0.6 is 23.2 Å². The summed E-state index contributed by atoms with van der Waals surface area (Å²) >= 11 is 11.9. The lowest BCUT2D eigenvalue weighted by Gasteiger charge is -2.09. The second-order valence-electron chi connectivity index (χ2n) is 3.79. The van der Waals surface area contributed by atoms with E-state index in [4.69, 9.17) is 27.9 Å². The number of halogens is 2. The Labute approximate surface area is 121 Å². The lowest BCUT2D eigenvalue weighted by Crippen LogP contribution is -2.12. The number of carbonyl (C=O) groups is 1. The van der Waals surface area contributed by atoms with Crippen LogP contribution in [0, 0.1) is 0 Å². The van der Waals surface area contributed by atoms with E-state index < -0.39 is 0 Å². The summed E-state index contributed by atoms with van der Waals surface area (Å²) in [6.45, 7) is 0. The predicted octanol–water partition coefficient (Wildman–Crippen LogP) is 4.25. The average molecular weight is 296 g/mol. The molecule has 0 saturated carbocycles. The molecule has 3 nitrogen and oxygen atoms in total. The molecular formula is C14H11Cl2NO2. The van der Waals surface area contributed by atoms with E-state index in [0.29, 0.717) is 22.0 Å². The van der Waals surface area contributed by atoms with Crippen LogP contribution < -0.4 is 10.1 Å². The van der Waals surface area contributed by atoms with Gasteiger partial charge in [0.25, 0.3) is 5.91 Å². The number of ether oxygens (including phenoxy) is 1. The maximum Gasteiger partial charge on any atom is 0.257 e. The van der Waals surface area contributed by atoms with Crippen molar-refractivity contribution >= 4 is 34.8 Å². The number of hydrogen-bond donors (Lipinski definition) is 1. The fraction of sp³-hybridized carbons (Fsp3) is 0.0714. The molecule has 0 aliphatic heterocycles. The van der Waals surface area contributed by atoms with Crippen LogP contribution in [0.15, 0.2) is 42.5 Å². The molecular weight excluding hydrogens is 285 g/mol. The number of hydrogen-bond acceptors (Lipinski definition) is 2. The third kappa shape index (κ3) is 3.19. The first-order chi connectivity index (χ1) is 9.11. The second kappa shape index (κ2) is 5.95. The van der Waals surface area contributed by atoms with Gasteiger partial charge in [-0.15, -0.1) is 0 Å². The van der Waals surface area contributed by atoms with Crippen LogP contribution in [0.5, 0.6) is 5.75 Å². The molecule has 98 valence electrons. The zero-order valence-corrected chi connectivity index (χ0v) is 11.6. The van der Waals surface area contributed by atoms with Gasteiger partial charge in [0.1, 0.15) is 5.75 Å². The molecule has 2 rings (SSSR count). The molecule has 0 atom stereocenters. The molecule has 0 aliphatic carbocycles. The van der Waals surface area contributed by atoms with E-state index in [-0.39, 0.29) is 10.9 Å². The van der Waals surface area contributed by atoms with Gasteiger partial charge < -0.3 is 10.1 Å². The van der Waals surface area contributed by atoms with Gasteiger partial charge >= 0.3 is 0 Å². The van der Waals surface area contributed by atoms with Gasteiger partial charge in [-0.05, 0) is 30.3 Å². The molecule has 0 radical (unpaired) electrons. The Bertz CT molecular complexity index is 614. The normalized spacial score (nSPS) is 10.1. The van der Waals surface area contributed by atoms with Gasteiger partial charge in [0.05, 0.1) is 17.7 Å². The molecule has 0 spiro atoms. The minimum atomic E-state index is -0.314. The highest BCUT2D eigenvalue weighted by molar-refractivity contribution is 6.36. The quantitative estimate of drug-likeness (QED) is 0.919. The second-order valence-corrected chi connectivity index (χ2v) is 4.60. The van der Waals surface area contributed by atoms with E-state index in [2.05, 4.69) is 5.32 Å². The van der Waals surface area contributed by atoms with Gasteiger partial charge in [0, 0.05) is 10.7 Å². The number of anilines is 1. The molecule has 0 bridgehead atoms. The summed E-state index contributed by atoms with van der Waals surface area (Å²) in [7, 11) is 1.50. The van der Waals surface area contributed by atoms with Gasteiger partial charge in [-0.2, -0.15) is 0 Å². The molecule has 0 unspecified atom stereocenters. The van der Waals surface area contributed by atoms with E-state index >= 15 is 0 Å². The van der Waals surface area contributed by atoms with Crippen molar-refractivity contribution in [2.75, 3.05) is 12.4 Å². The minimum absolute atomic E-state index is 0.282. The van der Waals surface area contributed by atoms with Gasteiger partial charge in [0.15, 0.2) is 0 Å². The van der Waals surface area contributed by atoms with Crippen LogP contribution in [0.3, 0.4) is 0 Å². The van der Waals surface area contributed by atoms with E-state index in [1.807, 2.05) is 0 Å². The topological polar surface area (TPSA) is 38.3 Å². The van der Waals surface area contributed by atoms with Crippen LogP contribution in [0.1, 0.15) is 10.4 Å². The number of benzene rings is 2. The SMILES string of the molecule is COc1cccc(C(=O)Nc2cccc(Cl)c2)c1Cl. The Morgan fingerprint density at radius 2 is 1.89 bits per heavy atom. The van der Waals surface area contributed by atoms with Crippen molar-refractivity contribution in [3.63, 3.8) is 0 Å². The lowest BCUT2D eigenvalue weighted by molar-refractivity contribution is 0.102. The molecule has 1 N–H and O–H groups in total. The van der Waals surface area contributed by atoms with E-state index in [0.717, 1.165) is 0 Å². The van der Waals surface area contributed by atoms with Crippen LogP contribution in [-0.2, 0) is 0 Å². The largest absolute Gasteiger partial charge is 0.495 e. The first-order valence-corrected chi connectivity index (χ1v) is 6.27. The molecule has 19 heavy (non-hydrogen) atoms. The monoisotopic (exact) mass is 295 g/mol. The summed E-state index contributed by atoms with van der Waals surface area (Å²) in [5.41, 5.74) is 0.956. The number of amides is 1. The molecule has 0 aliphatic rings. The van der Waals surface area contributed by atoms with Crippen molar-refractivity contribution in [1.29, 1.82) is 0 Å². The maximum atomic E-state index is 12.1. The minimum Gasteiger partial charge on any atom is -0.495 e. The zero-order chi connectivity index (χ0) is 13.8. The molecule has 0 saturated heterocycles. The highest BCUT2D eigenvalue weighted by Gasteiger charge is 2.13. The molecule has 0 heterocycles. The van der Waals surface area contributed by atoms with E-state index in [1.54, 1.807) is 42.5 Å². The van der Waals surface area contributed by atoms with Crippen LogP contribution in [-0.4, -0.2) is 13.0 Å². The Morgan fingerprint density at radius 1 is 1.16 bits per heavy atom. The third-order valence-electron chi connectivity index (χ3n) is 2.51. The zero-order valence-electron chi connectivity index (χ0n) is 10.1. The molecule has 0 aromatic heterocycles. The van der Waals surface area contributed by atoms with Crippen molar-refractivity contribution in [3.05, 3.63) is 58.1 Å². The number of rotatable bonds is 3. The summed E-state index contributed by atoms with van der Waals surface area (Å²) in [4.78, 5) is 12.1. The van der Waals surface area contributed by atoms with Crippen LogP contribution in [0.2, 0.25) is 10.0 Å². The molecule has 1 amide bonds. The number of nitrogens with one attached hydrogen (secondary N) is 1. The Hall–Kier alpha value is -1.71. The van der Waals surface area contributed by atoms with Gasteiger partial charge in [0.2, 0.25) is 0 Å². The summed E-state index contributed by atoms with van der Waals surface area (Å²) < 4.78 is 5.07. The fourth-order valence-electron chi connectivity index (χ4n) is 1.61. The van der Waals surface area contributed by atoms with Gasteiger partial charge in [-0.1, -0.05) is 35.3 Å². The van der Waals surface area contributed by atoms with E-state index in [1.165, 1.54) is 7.11 Å². The molecule has 2 aromatic carbocycles. The summed E-state index contributed by atoms with van der Waals surface area (Å²) in [5.74, 6) is 0.145. The Morgan fingerprint density at radius 3 is 2.58 bits per heavy atom. The Kier molecular flexibility index (Phi) is 4.30. The van der Waals surface area contributed by atoms with Crippen molar-refractivity contribution in [2.24, 2.45) is 0 Å². The van der Waals surface area contributed by atoms with Crippen molar-refractivity contribution < 1.29 is 9.53 Å². The first-order valence-electron chi connectivity index (χ1n) is 5.51. The predicted molar refractivity (Wildman–Crippen MR) is 77.4 cm³/mol. The Balaban J connectivity index is 2.25. The molecule has 2 aromatic rings. The highest BCUT2D eigenvalue weighted by atomic mass is 35.5.